The van der Waals surface area contributed by atoms with E-state index >= 15 is 0 Å². The zero-order valence-electron chi connectivity index (χ0n) is 34.4. The second-order valence-electron chi connectivity index (χ2n) is 15.3. The van der Waals surface area contributed by atoms with Gasteiger partial charge in [-0.2, -0.15) is 0 Å². The Morgan fingerprint density at radius 2 is 1.25 bits per heavy atom. The number of carboxylic acids is 1. The predicted octanol–water partition coefficient (Wildman–Crippen LogP) is -1.83. The molecule has 0 heterocycles. The van der Waals surface area contributed by atoms with E-state index in [0.717, 1.165) is 31.4 Å². The summed E-state index contributed by atoms with van der Waals surface area (Å²) in [6.07, 6.45) is 4.61. The van der Waals surface area contributed by atoms with Gasteiger partial charge in [-0.3, -0.25) is 43.2 Å². The molecule has 1 saturated carbocycles. The van der Waals surface area contributed by atoms with Gasteiger partial charge in [-0.15, -0.1) is 0 Å². The van der Waals surface area contributed by atoms with Crippen LogP contribution in [-0.4, -0.2) is 108 Å². The lowest BCUT2D eigenvalue weighted by Crippen LogP contribution is -2.61. The van der Waals surface area contributed by atoms with Crippen molar-refractivity contribution >= 4 is 59.1 Å². The molecule has 0 unspecified atom stereocenters. The molecule has 1 aromatic rings. The first-order valence-corrected chi connectivity index (χ1v) is 19.9. The normalized spacial score (nSPS) is 15.4. The van der Waals surface area contributed by atoms with Crippen LogP contribution in [0.1, 0.15) is 78.2 Å². The number of carbonyl (C=O) groups excluding carboxylic acids is 9. The van der Waals surface area contributed by atoms with Crippen molar-refractivity contribution in [3.63, 3.8) is 0 Å². The monoisotopic (exact) mass is 841 g/mol. The van der Waals surface area contributed by atoms with Crippen LogP contribution in [0.3, 0.4) is 0 Å². The van der Waals surface area contributed by atoms with E-state index in [1.54, 1.807) is 58.0 Å². The fourth-order valence-electron chi connectivity index (χ4n) is 6.40. The first-order chi connectivity index (χ1) is 28.3. The summed E-state index contributed by atoms with van der Waals surface area (Å²) in [5, 5.41) is 26.6. The van der Waals surface area contributed by atoms with Crippen LogP contribution in [0.2, 0.25) is 0 Å². The highest BCUT2D eigenvalue weighted by Gasteiger charge is 2.37. The van der Waals surface area contributed by atoms with Gasteiger partial charge >= 0.3 is 5.97 Å². The lowest BCUT2D eigenvalue weighted by molar-refractivity contribution is -0.141. The first-order valence-electron chi connectivity index (χ1n) is 19.9. The van der Waals surface area contributed by atoms with E-state index in [4.69, 9.17) is 11.5 Å². The Morgan fingerprint density at radius 3 is 1.82 bits per heavy atom. The maximum absolute atomic E-state index is 13.9. The van der Waals surface area contributed by atoms with Crippen LogP contribution in [0.25, 0.3) is 0 Å². The summed E-state index contributed by atoms with van der Waals surface area (Å²) < 4.78 is 0. The molecule has 5 atom stereocenters. The van der Waals surface area contributed by atoms with Crippen molar-refractivity contribution in [2.24, 2.45) is 29.2 Å². The smallest absolute Gasteiger partial charge is 0.326 e. The molecule has 330 valence electrons. The molecule has 0 aromatic heterocycles. The molecule has 1 aliphatic carbocycles. The van der Waals surface area contributed by atoms with E-state index in [-0.39, 0.29) is 31.1 Å². The number of benzene rings is 1. The number of aliphatic carboxylic acids is 1. The third-order valence-corrected chi connectivity index (χ3v) is 9.70. The van der Waals surface area contributed by atoms with E-state index in [0.29, 0.717) is 18.4 Å². The number of carboxylic acid groups (broad SMARTS) is 1. The van der Waals surface area contributed by atoms with Gasteiger partial charge in [0.25, 0.3) is 0 Å². The van der Waals surface area contributed by atoms with Gasteiger partial charge in [-0.1, -0.05) is 77.3 Å². The Hall–Kier alpha value is -6.34. The minimum absolute atomic E-state index is 0.0154. The zero-order chi connectivity index (χ0) is 44.9. The number of carbonyl (C=O) groups is 10. The van der Waals surface area contributed by atoms with Crippen LogP contribution in [0, 0.1) is 17.8 Å². The Morgan fingerprint density at radius 1 is 0.667 bits per heavy atom. The number of hydrogen-bond acceptors (Lipinski definition) is 10. The van der Waals surface area contributed by atoms with Gasteiger partial charge in [-0.25, -0.2) is 4.79 Å². The predicted molar refractivity (Wildman–Crippen MR) is 216 cm³/mol. The summed E-state index contributed by atoms with van der Waals surface area (Å²) in [7, 11) is 0. The molecule has 0 radical (unpaired) electrons. The minimum atomic E-state index is -1.39. The van der Waals surface area contributed by atoms with Crippen molar-refractivity contribution in [1.29, 1.82) is 0 Å². The highest BCUT2D eigenvalue weighted by molar-refractivity contribution is 6.00. The molecule has 0 saturated heterocycles. The van der Waals surface area contributed by atoms with E-state index in [1.807, 2.05) is 0 Å². The molecule has 60 heavy (non-hydrogen) atoms. The van der Waals surface area contributed by atoms with Crippen LogP contribution in [0.15, 0.2) is 42.5 Å². The molecule has 20 heteroatoms. The molecule has 1 aromatic carbocycles. The molecule has 20 nitrogen and oxygen atoms in total. The third-order valence-electron chi connectivity index (χ3n) is 9.70. The molecular formula is C40H59N9O11. The van der Waals surface area contributed by atoms with Gasteiger partial charge < -0.3 is 53.8 Å². The van der Waals surface area contributed by atoms with Crippen LogP contribution in [-0.2, 0) is 54.4 Å². The first kappa shape index (κ1) is 49.8. The Balaban J connectivity index is 2.04. The van der Waals surface area contributed by atoms with Gasteiger partial charge in [0.2, 0.25) is 53.2 Å². The second kappa shape index (κ2) is 25.2. The Kier molecular flexibility index (Phi) is 20.9. The van der Waals surface area contributed by atoms with E-state index < -0.39 is 108 Å². The van der Waals surface area contributed by atoms with Gasteiger partial charge in [0.15, 0.2) is 0 Å². The van der Waals surface area contributed by atoms with Gasteiger partial charge in [0.05, 0.1) is 13.1 Å². The van der Waals surface area contributed by atoms with Crippen molar-refractivity contribution in [1.82, 2.24) is 37.2 Å². The highest BCUT2D eigenvalue weighted by Crippen LogP contribution is 2.27. The van der Waals surface area contributed by atoms with Crippen molar-refractivity contribution in [2.75, 3.05) is 13.1 Å². The quantitative estimate of drug-likeness (QED) is 0.0516. The van der Waals surface area contributed by atoms with Crippen molar-refractivity contribution in [3.8, 4) is 0 Å². The molecule has 0 aliphatic heterocycles. The maximum atomic E-state index is 13.9. The largest absolute Gasteiger partial charge is 0.480 e. The maximum Gasteiger partial charge on any atom is 0.326 e. The fraction of sp³-hybridized carbons (Fsp3) is 0.550. The summed E-state index contributed by atoms with van der Waals surface area (Å²) in [5.41, 5.74) is 11.5. The SMILES string of the molecule is CC(C)[C@H](NC(=O)[C@@H](NC(=O)[C@@H](NC(=O)[C@H](CCC(N)=O)NC(=O)/C=C/C(=O)NCC(=O)NCC(=O)N[C@@H](Cc1ccccc1)C(=O)O)C1CCCCC1)C(C)C)C(N)=O. The van der Waals surface area contributed by atoms with Crippen LogP contribution in [0.4, 0.5) is 0 Å². The molecule has 1 aliphatic rings. The zero-order valence-corrected chi connectivity index (χ0v) is 34.4. The average molecular weight is 842 g/mol. The Bertz CT molecular complexity index is 1730. The van der Waals surface area contributed by atoms with E-state index in [1.165, 1.54) is 0 Å². The summed E-state index contributed by atoms with van der Waals surface area (Å²) >= 11 is 0. The molecule has 12 N–H and O–H groups in total. The van der Waals surface area contributed by atoms with Crippen molar-refractivity contribution in [2.45, 2.75) is 109 Å². The molecule has 0 bridgehead atoms. The summed E-state index contributed by atoms with van der Waals surface area (Å²) in [4.78, 5) is 126. The topological polar surface area (TPSA) is 327 Å². The molecule has 0 spiro atoms. The summed E-state index contributed by atoms with van der Waals surface area (Å²) in [5.74, 6) is -9.43. The van der Waals surface area contributed by atoms with Crippen LogP contribution in [0.5, 0.6) is 0 Å². The van der Waals surface area contributed by atoms with Crippen molar-refractivity contribution < 1.29 is 53.1 Å². The molecular weight excluding hydrogens is 782 g/mol. The lowest BCUT2D eigenvalue weighted by Gasteiger charge is -2.33. The van der Waals surface area contributed by atoms with Crippen LogP contribution >= 0.6 is 0 Å². The van der Waals surface area contributed by atoms with E-state index in [2.05, 4.69) is 37.2 Å². The average Bonchev–Trinajstić information content (AvgIpc) is 3.19. The molecule has 1 fully saturated rings. The van der Waals surface area contributed by atoms with Crippen molar-refractivity contribution in [3.05, 3.63) is 48.0 Å². The molecule has 9 amide bonds. The van der Waals surface area contributed by atoms with Gasteiger partial charge in [0, 0.05) is 25.0 Å². The summed E-state index contributed by atoms with van der Waals surface area (Å²) in [6.45, 7) is 5.61. The number of hydrogen-bond donors (Lipinski definition) is 10. The number of nitrogens with two attached hydrogens (primary N) is 2. The Labute approximate surface area is 348 Å². The number of amides is 9. The van der Waals surface area contributed by atoms with E-state index in [9.17, 15) is 53.1 Å². The highest BCUT2D eigenvalue weighted by atomic mass is 16.4. The van der Waals surface area contributed by atoms with Crippen LogP contribution < -0.4 is 48.7 Å². The number of primary amides is 2. The number of rotatable bonds is 24. The minimum Gasteiger partial charge on any atom is -0.480 e. The van der Waals surface area contributed by atoms with Gasteiger partial charge in [-0.05, 0) is 42.6 Å². The van der Waals surface area contributed by atoms with Gasteiger partial charge in [0.1, 0.15) is 30.2 Å². The summed E-state index contributed by atoms with van der Waals surface area (Å²) in [6, 6.07) is 2.73. The lowest BCUT2D eigenvalue weighted by atomic mass is 9.83. The number of nitrogens with one attached hydrogen (secondary N) is 7. The standard InChI is InChI=1S/C40H59N9O11/c1-22(2)33(36(42)55)47-38(57)34(23(3)4)48-39(58)35(25-13-9-6-10-14-25)49-37(56)26(15-16-28(41)50)45-30(52)18-17-29(51)43-20-31(53)44-21-32(54)46-27(40(59)60)19-24-11-7-5-8-12-24/h5,7-8,11-12,17-18,22-23,25-27,33-35H,6,9-10,13-16,19-21H2,1-4H3,(H2,41,50)(H2,42,55)(H,43,51)(H,44,53)(H,45,52)(H,46,54)(H,47,57)(H,48,58)(H,49,56)(H,59,60)/b18-17+/t26-,27-,33-,34-,35-/m0/s1. The third kappa shape index (κ3) is 18.1. The molecule has 2 rings (SSSR count). The fourth-order valence-corrected chi connectivity index (χ4v) is 6.40. The second-order valence-corrected chi connectivity index (χ2v) is 15.3.